The quantitative estimate of drug-likeness (QED) is 0.712. The monoisotopic (exact) mass is 384 g/mol. The molecule has 0 heterocycles. The molecule has 150 valence electrons. The Morgan fingerprint density at radius 2 is 1.71 bits per heavy atom. The molecule has 0 spiro atoms. The number of hydrogen-bond donors (Lipinski definition) is 2. The van der Waals surface area contributed by atoms with Gasteiger partial charge in [-0.05, 0) is 61.6 Å². The molecule has 28 heavy (non-hydrogen) atoms. The van der Waals surface area contributed by atoms with Crippen LogP contribution in [-0.4, -0.2) is 25.5 Å². The second kappa shape index (κ2) is 9.78. The van der Waals surface area contributed by atoms with Crippen molar-refractivity contribution < 1.29 is 19.1 Å². The first-order chi connectivity index (χ1) is 13.3. The summed E-state index contributed by atoms with van der Waals surface area (Å²) in [6.07, 6.45) is 0.926. The van der Waals surface area contributed by atoms with E-state index < -0.39 is 5.91 Å². The van der Waals surface area contributed by atoms with Crippen molar-refractivity contribution >= 4 is 11.8 Å². The van der Waals surface area contributed by atoms with Crippen LogP contribution < -0.4 is 20.3 Å². The molecule has 0 aliphatic rings. The number of carbonyl (C=O) groups is 2. The number of amides is 2. The van der Waals surface area contributed by atoms with Gasteiger partial charge >= 0.3 is 0 Å². The molecular formula is C22H28N2O4. The first-order valence-corrected chi connectivity index (χ1v) is 9.31. The average molecular weight is 384 g/mol. The Hall–Kier alpha value is -3.02. The summed E-state index contributed by atoms with van der Waals surface area (Å²) in [5.41, 5.74) is 7.65. The molecule has 2 amide bonds. The van der Waals surface area contributed by atoms with Crippen LogP contribution in [0.4, 0.5) is 0 Å². The zero-order valence-corrected chi connectivity index (χ0v) is 17.1. The van der Waals surface area contributed by atoms with Crippen molar-refractivity contribution in [1.29, 1.82) is 0 Å². The van der Waals surface area contributed by atoms with Gasteiger partial charge in [-0.2, -0.15) is 0 Å². The number of carbonyl (C=O) groups excluding carboxylic acids is 2. The predicted octanol–water partition coefficient (Wildman–Crippen LogP) is 3.81. The minimum absolute atomic E-state index is 0.356. The van der Waals surface area contributed by atoms with E-state index in [1.807, 2.05) is 26.0 Å². The summed E-state index contributed by atoms with van der Waals surface area (Å²) in [7, 11) is 1.52. The number of ether oxygens (including phenoxy) is 2. The van der Waals surface area contributed by atoms with Crippen LogP contribution in [0.3, 0.4) is 0 Å². The summed E-state index contributed by atoms with van der Waals surface area (Å²) < 4.78 is 11.1. The van der Waals surface area contributed by atoms with Gasteiger partial charge in [-0.15, -0.1) is 0 Å². The molecule has 6 nitrogen and oxygen atoms in total. The number of nitrogens with one attached hydrogen (secondary N) is 2. The Labute approximate surface area is 166 Å². The first-order valence-electron chi connectivity index (χ1n) is 9.31. The molecular weight excluding hydrogens is 356 g/mol. The fourth-order valence-corrected chi connectivity index (χ4v) is 2.58. The molecule has 0 atom stereocenters. The zero-order chi connectivity index (χ0) is 20.7. The van der Waals surface area contributed by atoms with E-state index in [1.54, 1.807) is 24.3 Å². The minimum atomic E-state index is -0.439. The zero-order valence-electron chi connectivity index (χ0n) is 17.1. The highest BCUT2D eigenvalue weighted by atomic mass is 16.5. The van der Waals surface area contributed by atoms with Crippen molar-refractivity contribution in [2.75, 3.05) is 13.7 Å². The molecule has 0 bridgehead atoms. The van der Waals surface area contributed by atoms with Gasteiger partial charge in [-0.1, -0.05) is 26.0 Å². The van der Waals surface area contributed by atoms with Crippen LogP contribution >= 0.6 is 0 Å². The fraction of sp³-hybridized carbons (Fsp3) is 0.364. The highest BCUT2D eigenvalue weighted by molar-refractivity contribution is 6.00. The standard InChI is InChI=1S/C22H28N2O4/c1-14(2)11-12-28-19-10-9-17(13-20(19)27-5)21(25)23-24-22(26)18-8-6-7-15(3)16(18)4/h6-10,13-14H,11-12H2,1-5H3,(H,23,25)(H,24,26). The van der Waals surface area contributed by atoms with Crippen molar-refractivity contribution in [3.05, 3.63) is 58.7 Å². The van der Waals surface area contributed by atoms with Crippen molar-refractivity contribution in [1.82, 2.24) is 10.9 Å². The Morgan fingerprint density at radius 3 is 2.39 bits per heavy atom. The number of methoxy groups -OCH3 is 1. The first kappa shape index (κ1) is 21.3. The van der Waals surface area contributed by atoms with Crippen molar-refractivity contribution in [3.8, 4) is 11.5 Å². The van der Waals surface area contributed by atoms with E-state index in [4.69, 9.17) is 9.47 Å². The van der Waals surface area contributed by atoms with Crippen LogP contribution in [-0.2, 0) is 0 Å². The Morgan fingerprint density at radius 1 is 1.00 bits per heavy atom. The highest BCUT2D eigenvalue weighted by Gasteiger charge is 2.14. The van der Waals surface area contributed by atoms with Gasteiger partial charge in [-0.3, -0.25) is 20.4 Å². The van der Waals surface area contributed by atoms with Gasteiger partial charge < -0.3 is 9.47 Å². The molecule has 0 aliphatic heterocycles. The second-order valence-electron chi connectivity index (χ2n) is 7.05. The van der Waals surface area contributed by atoms with E-state index in [9.17, 15) is 9.59 Å². The molecule has 0 radical (unpaired) electrons. The Bertz CT molecular complexity index is 846. The number of hydrogen-bond acceptors (Lipinski definition) is 4. The van der Waals surface area contributed by atoms with Gasteiger partial charge in [0.2, 0.25) is 0 Å². The van der Waals surface area contributed by atoms with Gasteiger partial charge in [-0.25, -0.2) is 0 Å². The van der Waals surface area contributed by atoms with Crippen LogP contribution in [0.2, 0.25) is 0 Å². The molecule has 0 saturated heterocycles. The van der Waals surface area contributed by atoms with Crippen molar-refractivity contribution in [2.24, 2.45) is 5.92 Å². The van der Waals surface area contributed by atoms with Gasteiger partial charge in [0.05, 0.1) is 13.7 Å². The molecule has 2 aromatic rings. The SMILES string of the molecule is COc1cc(C(=O)NNC(=O)c2cccc(C)c2C)ccc1OCCC(C)C. The smallest absolute Gasteiger partial charge is 0.269 e. The summed E-state index contributed by atoms with van der Waals surface area (Å²) >= 11 is 0. The molecule has 0 aliphatic carbocycles. The predicted molar refractivity (Wildman–Crippen MR) is 109 cm³/mol. The molecule has 2 aromatic carbocycles. The van der Waals surface area contributed by atoms with E-state index in [2.05, 4.69) is 24.7 Å². The topological polar surface area (TPSA) is 76.7 Å². The summed E-state index contributed by atoms with van der Waals surface area (Å²) in [4.78, 5) is 24.7. The molecule has 0 fully saturated rings. The lowest BCUT2D eigenvalue weighted by Crippen LogP contribution is -2.41. The molecule has 0 saturated carbocycles. The number of aryl methyl sites for hydroxylation is 1. The van der Waals surface area contributed by atoms with Crippen LogP contribution in [0.5, 0.6) is 11.5 Å². The van der Waals surface area contributed by atoms with Crippen LogP contribution in [0, 0.1) is 19.8 Å². The largest absolute Gasteiger partial charge is 0.493 e. The van der Waals surface area contributed by atoms with Gasteiger partial charge in [0.1, 0.15) is 0 Å². The number of hydrazine groups is 1. The van der Waals surface area contributed by atoms with Crippen LogP contribution in [0.15, 0.2) is 36.4 Å². The fourth-order valence-electron chi connectivity index (χ4n) is 2.58. The van der Waals surface area contributed by atoms with Gasteiger partial charge in [0.25, 0.3) is 11.8 Å². The lowest BCUT2D eigenvalue weighted by Gasteiger charge is -2.14. The number of benzene rings is 2. The van der Waals surface area contributed by atoms with Crippen molar-refractivity contribution in [2.45, 2.75) is 34.1 Å². The second-order valence-corrected chi connectivity index (χ2v) is 7.05. The van der Waals surface area contributed by atoms with E-state index in [0.29, 0.717) is 35.2 Å². The summed E-state index contributed by atoms with van der Waals surface area (Å²) in [6.45, 7) is 8.63. The Balaban J connectivity index is 2.01. The molecule has 0 unspecified atom stereocenters. The molecule has 0 aromatic heterocycles. The lowest BCUT2D eigenvalue weighted by atomic mass is 10.0. The molecule has 2 rings (SSSR count). The van der Waals surface area contributed by atoms with Gasteiger partial charge in [0.15, 0.2) is 11.5 Å². The lowest BCUT2D eigenvalue weighted by molar-refractivity contribution is 0.0846. The summed E-state index contributed by atoms with van der Waals surface area (Å²) in [5, 5.41) is 0. The third-order valence-electron chi connectivity index (χ3n) is 4.52. The van der Waals surface area contributed by atoms with E-state index >= 15 is 0 Å². The normalized spacial score (nSPS) is 10.5. The maximum atomic E-state index is 12.4. The average Bonchev–Trinajstić information content (AvgIpc) is 2.67. The van der Waals surface area contributed by atoms with E-state index in [1.165, 1.54) is 7.11 Å². The van der Waals surface area contributed by atoms with Crippen molar-refractivity contribution in [3.63, 3.8) is 0 Å². The third kappa shape index (κ3) is 5.49. The maximum absolute atomic E-state index is 12.4. The summed E-state index contributed by atoms with van der Waals surface area (Å²) in [5.74, 6) is 0.786. The van der Waals surface area contributed by atoms with E-state index in [-0.39, 0.29) is 5.91 Å². The van der Waals surface area contributed by atoms with Crippen LogP contribution in [0.25, 0.3) is 0 Å². The Kier molecular flexibility index (Phi) is 7.44. The van der Waals surface area contributed by atoms with Gasteiger partial charge in [0, 0.05) is 11.1 Å². The minimum Gasteiger partial charge on any atom is -0.493 e. The molecule has 6 heteroatoms. The maximum Gasteiger partial charge on any atom is 0.269 e. The number of rotatable bonds is 7. The van der Waals surface area contributed by atoms with E-state index in [0.717, 1.165) is 17.5 Å². The van der Waals surface area contributed by atoms with Crippen LogP contribution in [0.1, 0.15) is 52.1 Å². The summed E-state index contributed by atoms with van der Waals surface area (Å²) in [6, 6.07) is 10.4. The third-order valence-corrected chi connectivity index (χ3v) is 4.52. The molecule has 2 N–H and O–H groups in total. The highest BCUT2D eigenvalue weighted by Crippen LogP contribution is 2.28.